The number of hydrogen-bond acceptors (Lipinski definition) is 3. The van der Waals surface area contributed by atoms with E-state index in [9.17, 15) is 4.79 Å². The van der Waals surface area contributed by atoms with E-state index in [1.54, 1.807) is 11.8 Å². The molecular weight excluding hydrogens is 328 g/mol. The van der Waals surface area contributed by atoms with Crippen LogP contribution in [-0.2, 0) is 11.3 Å². The van der Waals surface area contributed by atoms with Crippen molar-refractivity contribution in [2.24, 2.45) is 0 Å². The zero-order valence-electron chi connectivity index (χ0n) is 13.5. The third-order valence-corrected chi connectivity index (χ3v) is 4.80. The van der Waals surface area contributed by atoms with E-state index in [-0.39, 0.29) is 11.9 Å². The number of likely N-dealkylation sites (N-methyl/N-ethyl adjacent to an activating group) is 1. The van der Waals surface area contributed by atoms with Gasteiger partial charge in [0.05, 0.1) is 11.7 Å². The fourth-order valence-corrected chi connectivity index (χ4v) is 2.88. The molecule has 2 rings (SSSR count). The number of nitrogens with zero attached hydrogens (tertiary/aromatic N) is 1. The highest BCUT2D eigenvalue weighted by Crippen LogP contribution is 2.25. The predicted octanol–water partition coefficient (Wildman–Crippen LogP) is 4.52. The molecule has 0 heterocycles. The van der Waals surface area contributed by atoms with Crippen LogP contribution in [-0.4, -0.2) is 30.2 Å². The largest absolute Gasteiger partial charge is 0.324 e. The minimum absolute atomic E-state index is 0.0111. The Morgan fingerprint density at radius 3 is 2.52 bits per heavy atom. The van der Waals surface area contributed by atoms with Gasteiger partial charge in [0, 0.05) is 16.5 Å². The van der Waals surface area contributed by atoms with Crippen LogP contribution in [0.3, 0.4) is 0 Å². The molecule has 1 N–H and O–H groups in total. The van der Waals surface area contributed by atoms with E-state index in [0.29, 0.717) is 6.54 Å². The first-order valence-electron chi connectivity index (χ1n) is 7.40. The Kier molecular flexibility index (Phi) is 6.51. The van der Waals surface area contributed by atoms with Gasteiger partial charge in [-0.1, -0.05) is 35.9 Å². The van der Waals surface area contributed by atoms with Crippen LogP contribution in [0.5, 0.6) is 0 Å². The van der Waals surface area contributed by atoms with Crippen molar-refractivity contribution in [3.63, 3.8) is 0 Å². The Hall–Kier alpha value is -1.49. The van der Waals surface area contributed by atoms with Crippen LogP contribution in [0, 0.1) is 0 Å². The van der Waals surface area contributed by atoms with Gasteiger partial charge in [0.15, 0.2) is 0 Å². The van der Waals surface area contributed by atoms with Gasteiger partial charge in [0.2, 0.25) is 5.91 Å². The summed E-state index contributed by atoms with van der Waals surface area (Å²) in [5.74, 6) is -0.0111. The van der Waals surface area contributed by atoms with E-state index in [2.05, 4.69) is 5.32 Å². The maximum atomic E-state index is 12.5. The molecule has 0 saturated carbocycles. The summed E-state index contributed by atoms with van der Waals surface area (Å²) in [4.78, 5) is 15.6. The molecule has 0 radical (unpaired) electrons. The van der Waals surface area contributed by atoms with Crippen LogP contribution in [0.4, 0.5) is 5.69 Å². The van der Waals surface area contributed by atoms with E-state index in [1.165, 1.54) is 0 Å². The molecule has 0 aliphatic carbocycles. The van der Waals surface area contributed by atoms with E-state index in [1.807, 2.05) is 73.7 Å². The highest BCUT2D eigenvalue weighted by atomic mass is 35.5. The summed E-state index contributed by atoms with van der Waals surface area (Å²) < 4.78 is 0. The molecule has 122 valence electrons. The molecule has 0 fully saturated rings. The molecule has 0 spiro atoms. The number of thioether (sulfide) groups is 1. The van der Waals surface area contributed by atoms with Gasteiger partial charge in [-0.2, -0.15) is 0 Å². The summed E-state index contributed by atoms with van der Waals surface area (Å²) >= 11 is 7.52. The maximum Gasteiger partial charge on any atom is 0.241 e. The SMILES string of the molecule is CSc1ccccc1NC(=O)[C@H](C)N(C)Cc1ccc(Cl)cc1. The Bertz CT molecular complexity index is 660. The maximum absolute atomic E-state index is 12.5. The van der Waals surface area contributed by atoms with Gasteiger partial charge < -0.3 is 5.32 Å². The number of hydrogen-bond donors (Lipinski definition) is 1. The van der Waals surface area contributed by atoms with Crippen molar-refractivity contribution < 1.29 is 4.79 Å². The summed E-state index contributed by atoms with van der Waals surface area (Å²) in [7, 11) is 1.94. The second-order valence-electron chi connectivity index (χ2n) is 5.41. The molecule has 0 aliphatic rings. The number of carbonyl (C=O) groups is 1. The van der Waals surface area contributed by atoms with Crippen molar-refractivity contribution in [3.8, 4) is 0 Å². The molecule has 0 bridgehead atoms. The number of nitrogens with one attached hydrogen (secondary N) is 1. The minimum Gasteiger partial charge on any atom is -0.324 e. The monoisotopic (exact) mass is 348 g/mol. The summed E-state index contributed by atoms with van der Waals surface area (Å²) in [5.41, 5.74) is 1.98. The highest BCUT2D eigenvalue weighted by Gasteiger charge is 2.19. The van der Waals surface area contributed by atoms with Gasteiger partial charge in [-0.25, -0.2) is 0 Å². The summed E-state index contributed by atoms with van der Waals surface area (Å²) in [6.07, 6.45) is 2.00. The lowest BCUT2D eigenvalue weighted by Crippen LogP contribution is -2.39. The van der Waals surface area contributed by atoms with Gasteiger partial charge in [0.25, 0.3) is 0 Å². The highest BCUT2D eigenvalue weighted by molar-refractivity contribution is 7.98. The van der Waals surface area contributed by atoms with Crippen molar-refractivity contribution >= 4 is 35.0 Å². The Morgan fingerprint density at radius 1 is 1.22 bits per heavy atom. The van der Waals surface area contributed by atoms with Crippen molar-refractivity contribution in [2.45, 2.75) is 24.4 Å². The third kappa shape index (κ3) is 4.99. The number of carbonyl (C=O) groups excluding carboxylic acids is 1. The first kappa shape index (κ1) is 17.9. The molecule has 1 amide bonds. The minimum atomic E-state index is -0.236. The fourth-order valence-electron chi connectivity index (χ4n) is 2.20. The zero-order valence-corrected chi connectivity index (χ0v) is 15.1. The number of benzene rings is 2. The smallest absolute Gasteiger partial charge is 0.241 e. The Morgan fingerprint density at radius 2 is 1.87 bits per heavy atom. The van der Waals surface area contributed by atoms with Gasteiger partial charge in [-0.3, -0.25) is 9.69 Å². The van der Waals surface area contributed by atoms with Crippen molar-refractivity contribution in [2.75, 3.05) is 18.6 Å². The first-order valence-corrected chi connectivity index (χ1v) is 9.00. The van der Waals surface area contributed by atoms with Crippen LogP contribution in [0.25, 0.3) is 0 Å². The van der Waals surface area contributed by atoms with Crippen LogP contribution >= 0.6 is 23.4 Å². The second kappa shape index (κ2) is 8.39. The third-order valence-electron chi connectivity index (χ3n) is 3.75. The number of rotatable bonds is 6. The number of anilines is 1. The predicted molar refractivity (Wildman–Crippen MR) is 99.2 cm³/mol. The number of para-hydroxylation sites is 1. The number of amides is 1. The van der Waals surface area contributed by atoms with Crippen LogP contribution < -0.4 is 5.32 Å². The Balaban J connectivity index is 1.99. The Labute approximate surface area is 147 Å². The normalized spacial score (nSPS) is 12.2. The second-order valence-corrected chi connectivity index (χ2v) is 6.69. The van der Waals surface area contributed by atoms with Crippen LogP contribution in [0.1, 0.15) is 12.5 Å². The molecule has 0 unspecified atom stereocenters. The van der Waals surface area contributed by atoms with Gasteiger partial charge >= 0.3 is 0 Å². The molecule has 1 atom stereocenters. The summed E-state index contributed by atoms with van der Waals surface area (Å²) in [5, 5.41) is 3.73. The molecule has 0 aromatic heterocycles. The van der Waals surface area contributed by atoms with Crippen LogP contribution in [0.2, 0.25) is 5.02 Å². The van der Waals surface area contributed by atoms with E-state index in [4.69, 9.17) is 11.6 Å². The van der Waals surface area contributed by atoms with Gasteiger partial charge in [0.1, 0.15) is 0 Å². The lowest BCUT2D eigenvalue weighted by atomic mass is 10.2. The standard InChI is InChI=1S/C18H21ClN2OS/c1-13(21(2)12-14-8-10-15(19)11-9-14)18(22)20-16-6-4-5-7-17(16)23-3/h4-11,13H,12H2,1-3H3,(H,20,22)/t13-/m0/s1. The molecular formula is C18H21ClN2OS. The topological polar surface area (TPSA) is 32.3 Å². The average molecular weight is 349 g/mol. The molecule has 0 saturated heterocycles. The fraction of sp³-hybridized carbons (Fsp3) is 0.278. The zero-order chi connectivity index (χ0) is 16.8. The summed E-state index contributed by atoms with van der Waals surface area (Å²) in [6.45, 7) is 2.60. The molecule has 2 aromatic carbocycles. The quantitative estimate of drug-likeness (QED) is 0.779. The molecule has 2 aromatic rings. The lowest BCUT2D eigenvalue weighted by Gasteiger charge is -2.24. The lowest BCUT2D eigenvalue weighted by molar-refractivity contribution is -0.120. The van der Waals surface area contributed by atoms with Crippen molar-refractivity contribution in [1.29, 1.82) is 0 Å². The number of halogens is 1. The average Bonchev–Trinajstić information content (AvgIpc) is 2.56. The van der Waals surface area contributed by atoms with Gasteiger partial charge in [-0.05, 0) is 50.1 Å². The van der Waals surface area contributed by atoms with Gasteiger partial charge in [-0.15, -0.1) is 11.8 Å². The molecule has 5 heteroatoms. The van der Waals surface area contributed by atoms with Crippen molar-refractivity contribution in [3.05, 3.63) is 59.1 Å². The van der Waals surface area contributed by atoms with Crippen molar-refractivity contribution in [1.82, 2.24) is 4.90 Å². The van der Waals surface area contributed by atoms with E-state index < -0.39 is 0 Å². The molecule has 0 aliphatic heterocycles. The summed E-state index contributed by atoms with van der Waals surface area (Å²) in [6, 6.07) is 15.3. The van der Waals surface area contributed by atoms with E-state index in [0.717, 1.165) is 21.2 Å². The first-order chi connectivity index (χ1) is 11.0. The van der Waals surface area contributed by atoms with Crippen LogP contribution in [0.15, 0.2) is 53.4 Å². The molecule has 23 heavy (non-hydrogen) atoms. The van der Waals surface area contributed by atoms with E-state index >= 15 is 0 Å². The molecule has 3 nitrogen and oxygen atoms in total.